The summed E-state index contributed by atoms with van der Waals surface area (Å²) in [5, 5.41) is 11.8. The molecule has 0 spiro atoms. The fourth-order valence-corrected chi connectivity index (χ4v) is 3.26. The van der Waals surface area contributed by atoms with Gasteiger partial charge in [0.15, 0.2) is 5.69 Å². The first-order chi connectivity index (χ1) is 14.1. The van der Waals surface area contributed by atoms with Gasteiger partial charge in [0.1, 0.15) is 11.6 Å². The van der Waals surface area contributed by atoms with Crippen LogP contribution in [0.4, 0.5) is 4.39 Å². The van der Waals surface area contributed by atoms with Crippen molar-refractivity contribution in [1.29, 1.82) is 0 Å². The number of amides is 1. The molecule has 1 amide bonds. The standard InChI is InChI=1S/C21H20FN5O2/c1-13-20(25-26-27(13)16-4-6-17(29-2)7-5-16)21(28)23-10-9-14-12-24-19-8-3-15(22)11-18(14)19/h3-8,11-12,24H,9-10H2,1-2H3,(H,23,28). The van der Waals surface area contributed by atoms with Crippen LogP contribution in [0, 0.1) is 12.7 Å². The first kappa shape index (κ1) is 18.7. The minimum atomic E-state index is -0.298. The largest absolute Gasteiger partial charge is 0.497 e. The van der Waals surface area contributed by atoms with Gasteiger partial charge in [-0.15, -0.1) is 5.10 Å². The maximum absolute atomic E-state index is 13.5. The normalized spacial score (nSPS) is 11.0. The third-order valence-corrected chi connectivity index (χ3v) is 4.84. The Labute approximate surface area is 166 Å². The molecule has 148 valence electrons. The number of nitrogens with one attached hydrogen (secondary N) is 2. The number of methoxy groups -OCH3 is 1. The fourth-order valence-electron chi connectivity index (χ4n) is 3.26. The van der Waals surface area contributed by atoms with Crippen LogP contribution in [-0.2, 0) is 6.42 Å². The molecule has 29 heavy (non-hydrogen) atoms. The summed E-state index contributed by atoms with van der Waals surface area (Å²) >= 11 is 0. The smallest absolute Gasteiger partial charge is 0.273 e. The van der Waals surface area contributed by atoms with Gasteiger partial charge in [-0.05, 0) is 61.4 Å². The predicted molar refractivity (Wildman–Crippen MR) is 107 cm³/mol. The van der Waals surface area contributed by atoms with E-state index in [0.717, 1.165) is 27.9 Å². The van der Waals surface area contributed by atoms with Crippen molar-refractivity contribution in [1.82, 2.24) is 25.3 Å². The Morgan fingerprint density at radius 2 is 2.03 bits per heavy atom. The molecule has 0 aliphatic carbocycles. The van der Waals surface area contributed by atoms with Gasteiger partial charge in [-0.25, -0.2) is 9.07 Å². The number of nitrogens with zero attached hydrogens (tertiary/aromatic N) is 3. The lowest BCUT2D eigenvalue weighted by Gasteiger charge is -2.06. The van der Waals surface area contributed by atoms with E-state index in [0.29, 0.717) is 18.7 Å². The first-order valence-electron chi connectivity index (χ1n) is 9.17. The van der Waals surface area contributed by atoms with Crippen molar-refractivity contribution in [2.45, 2.75) is 13.3 Å². The van der Waals surface area contributed by atoms with E-state index in [-0.39, 0.29) is 17.4 Å². The molecule has 0 bridgehead atoms. The molecule has 2 N–H and O–H groups in total. The lowest BCUT2D eigenvalue weighted by atomic mass is 10.1. The highest BCUT2D eigenvalue weighted by Gasteiger charge is 2.17. The maximum Gasteiger partial charge on any atom is 0.273 e. The van der Waals surface area contributed by atoms with E-state index < -0.39 is 0 Å². The van der Waals surface area contributed by atoms with Crippen LogP contribution in [0.1, 0.15) is 21.7 Å². The van der Waals surface area contributed by atoms with Crippen molar-refractivity contribution in [3.8, 4) is 11.4 Å². The molecule has 0 unspecified atom stereocenters. The number of hydrogen-bond acceptors (Lipinski definition) is 4. The number of benzene rings is 2. The van der Waals surface area contributed by atoms with Gasteiger partial charge in [-0.2, -0.15) is 0 Å². The minimum absolute atomic E-state index is 0.269. The number of carbonyl (C=O) groups excluding carboxylic acids is 1. The molecule has 7 nitrogen and oxygen atoms in total. The number of ether oxygens (including phenoxy) is 1. The number of halogens is 1. The van der Waals surface area contributed by atoms with Crippen LogP contribution in [-0.4, -0.2) is 39.5 Å². The van der Waals surface area contributed by atoms with Crippen LogP contribution in [0.5, 0.6) is 5.75 Å². The predicted octanol–water partition coefficient (Wildman–Crippen LogP) is 3.18. The van der Waals surface area contributed by atoms with Gasteiger partial charge in [0, 0.05) is 23.6 Å². The van der Waals surface area contributed by atoms with E-state index in [1.165, 1.54) is 12.1 Å². The Bertz CT molecular complexity index is 1160. The van der Waals surface area contributed by atoms with Crippen LogP contribution in [0.3, 0.4) is 0 Å². The van der Waals surface area contributed by atoms with Crippen LogP contribution >= 0.6 is 0 Å². The molecule has 4 rings (SSSR count). The zero-order valence-corrected chi connectivity index (χ0v) is 16.1. The number of hydrogen-bond donors (Lipinski definition) is 2. The monoisotopic (exact) mass is 393 g/mol. The number of H-pyrrole nitrogens is 1. The lowest BCUT2D eigenvalue weighted by molar-refractivity contribution is 0.0948. The van der Waals surface area contributed by atoms with E-state index in [9.17, 15) is 9.18 Å². The molecule has 8 heteroatoms. The molecular weight excluding hydrogens is 373 g/mol. The van der Waals surface area contributed by atoms with E-state index >= 15 is 0 Å². The van der Waals surface area contributed by atoms with Gasteiger partial charge in [0.2, 0.25) is 0 Å². The quantitative estimate of drug-likeness (QED) is 0.527. The van der Waals surface area contributed by atoms with Gasteiger partial charge in [0.25, 0.3) is 5.91 Å². The van der Waals surface area contributed by atoms with Crippen LogP contribution in [0.25, 0.3) is 16.6 Å². The molecule has 2 heterocycles. The topological polar surface area (TPSA) is 84.8 Å². The second-order valence-electron chi connectivity index (χ2n) is 6.64. The third kappa shape index (κ3) is 3.69. The molecule has 0 aliphatic rings. The Balaban J connectivity index is 1.43. The Morgan fingerprint density at radius 1 is 1.24 bits per heavy atom. The maximum atomic E-state index is 13.5. The third-order valence-electron chi connectivity index (χ3n) is 4.84. The number of fused-ring (bicyclic) bond motifs is 1. The van der Waals surface area contributed by atoms with Gasteiger partial charge in [-0.1, -0.05) is 5.21 Å². The first-order valence-corrected chi connectivity index (χ1v) is 9.17. The van der Waals surface area contributed by atoms with Crippen molar-refractivity contribution in [3.63, 3.8) is 0 Å². The Morgan fingerprint density at radius 3 is 2.79 bits per heavy atom. The van der Waals surface area contributed by atoms with E-state index in [1.54, 1.807) is 24.8 Å². The van der Waals surface area contributed by atoms with E-state index in [4.69, 9.17) is 4.74 Å². The van der Waals surface area contributed by atoms with E-state index in [2.05, 4.69) is 20.6 Å². The van der Waals surface area contributed by atoms with Crippen LogP contribution in [0.15, 0.2) is 48.7 Å². The molecule has 2 aromatic carbocycles. The molecule has 0 aliphatic heterocycles. The van der Waals surface area contributed by atoms with E-state index in [1.807, 2.05) is 30.5 Å². The summed E-state index contributed by atoms with van der Waals surface area (Å²) in [5.74, 6) is 0.156. The molecule has 0 radical (unpaired) electrons. The SMILES string of the molecule is COc1ccc(-n2nnc(C(=O)NCCc3c[nH]c4ccc(F)cc34)c2C)cc1. The summed E-state index contributed by atoms with van der Waals surface area (Å²) in [5.41, 5.74) is 3.51. The number of rotatable bonds is 6. The minimum Gasteiger partial charge on any atom is -0.497 e. The lowest BCUT2D eigenvalue weighted by Crippen LogP contribution is -2.26. The zero-order chi connectivity index (χ0) is 20.4. The summed E-state index contributed by atoms with van der Waals surface area (Å²) in [4.78, 5) is 15.7. The second kappa shape index (κ2) is 7.75. The average molecular weight is 393 g/mol. The summed E-state index contributed by atoms with van der Waals surface area (Å²) in [6.45, 7) is 2.19. The molecular formula is C21H20FN5O2. The number of aromatic amines is 1. The molecule has 0 atom stereocenters. The Hall–Kier alpha value is -3.68. The van der Waals surface area contributed by atoms with Gasteiger partial charge in [0.05, 0.1) is 18.5 Å². The van der Waals surface area contributed by atoms with Gasteiger partial charge >= 0.3 is 0 Å². The van der Waals surface area contributed by atoms with Crippen molar-refractivity contribution in [3.05, 3.63) is 71.4 Å². The highest BCUT2D eigenvalue weighted by molar-refractivity contribution is 5.93. The summed E-state index contributed by atoms with van der Waals surface area (Å²) in [6.07, 6.45) is 2.41. The molecule has 0 fully saturated rings. The van der Waals surface area contributed by atoms with Gasteiger partial charge < -0.3 is 15.0 Å². The average Bonchev–Trinajstić information content (AvgIpc) is 3.31. The molecule has 0 saturated heterocycles. The van der Waals surface area contributed by atoms with Gasteiger partial charge in [-0.3, -0.25) is 4.79 Å². The van der Waals surface area contributed by atoms with Crippen LogP contribution in [0.2, 0.25) is 0 Å². The summed E-state index contributed by atoms with van der Waals surface area (Å²) in [7, 11) is 1.60. The van der Waals surface area contributed by atoms with Crippen LogP contribution < -0.4 is 10.1 Å². The summed E-state index contributed by atoms with van der Waals surface area (Å²) < 4.78 is 20.2. The van der Waals surface area contributed by atoms with Crippen molar-refractivity contribution >= 4 is 16.8 Å². The zero-order valence-electron chi connectivity index (χ0n) is 16.1. The fraction of sp³-hybridized carbons (Fsp3) is 0.190. The number of aromatic nitrogens is 4. The highest BCUT2D eigenvalue weighted by atomic mass is 19.1. The van der Waals surface area contributed by atoms with Crippen molar-refractivity contribution in [2.24, 2.45) is 0 Å². The second-order valence-corrected chi connectivity index (χ2v) is 6.64. The summed E-state index contributed by atoms with van der Waals surface area (Å²) in [6, 6.07) is 11.9. The molecule has 4 aromatic rings. The van der Waals surface area contributed by atoms with Crippen molar-refractivity contribution < 1.29 is 13.9 Å². The molecule has 0 saturated carbocycles. The molecule has 2 aromatic heterocycles. The number of carbonyl (C=O) groups is 1. The highest BCUT2D eigenvalue weighted by Crippen LogP contribution is 2.20. The Kier molecular flexibility index (Phi) is 4.99. The van der Waals surface area contributed by atoms with Crippen molar-refractivity contribution in [2.75, 3.05) is 13.7 Å².